The molecule has 1 atom stereocenters. The maximum Gasteiger partial charge on any atom is 0.295 e. The Morgan fingerprint density at radius 2 is 1.78 bits per heavy atom. The fourth-order valence-electron chi connectivity index (χ4n) is 4.82. The van der Waals surface area contributed by atoms with Gasteiger partial charge in [0.2, 0.25) is 0 Å². The molecule has 0 unspecified atom stereocenters. The molecule has 1 amide bonds. The van der Waals surface area contributed by atoms with Gasteiger partial charge in [-0.05, 0) is 60.5 Å². The molecule has 188 valence electrons. The lowest BCUT2D eigenvalue weighted by Gasteiger charge is -2.26. The molecule has 5 rings (SSSR count). The number of aliphatic hydroxyl groups is 1. The molecule has 1 aliphatic rings. The normalized spacial score (nSPS) is 16.9. The van der Waals surface area contributed by atoms with Gasteiger partial charge in [0.1, 0.15) is 23.1 Å². The zero-order valence-electron chi connectivity index (χ0n) is 20.3. The zero-order valence-corrected chi connectivity index (χ0v) is 20.3. The number of hydrogen-bond donors (Lipinski definition) is 2. The standard InChI is InChI=1S/C29H25FN2O5/c1-36-20-11-12-23-22(15-20)18(16-31-23)13-14-32-26(21-5-3-4-6-24(21)37-2)25(28(34)29(32)35)27(33)17-7-9-19(30)10-8-17/h3-12,15-16,26,31,33H,13-14H2,1-2H3/t26-/m0/s1. The topological polar surface area (TPSA) is 91.9 Å². The third-order valence-corrected chi connectivity index (χ3v) is 6.69. The maximum absolute atomic E-state index is 13.5. The van der Waals surface area contributed by atoms with E-state index in [9.17, 15) is 19.1 Å². The van der Waals surface area contributed by atoms with Crippen LogP contribution in [0.5, 0.6) is 11.5 Å². The van der Waals surface area contributed by atoms with Crippen LogP contribution in [0, 0.1) is 5.82 Å². The lowest BCUT2D eigenvalue weighted by Crippen LogP contribution is -2.31. The van der Waals surface area contributed by atoms with E-state index < -0.39 is 23.5 Å². The number of methoxy groups -OCH3 is 2. The SMILES string of the molecule is COc1ccc2[nH]cc(CCN3C(=O)C(=O)C(=C(O)c4ccc(F)cc4)[C@@H]3c3ccccc3OC)c2c1. The molecule has 7 nitrogen and oxygen atoms in total. The summed E-state index contributed by atoms with van der Waals surface area (Å²) >= 11 is 0. The van der Waals surface area contributed by atoms with Crippen molar-refractivity contribution < 1.29 is 28.6 Å². The number of rotatable bonds is 7. The lowest BCUT2D eigenvalue weighted by molar-refractivity contribution is -0.139. The molecule has 0 aliphatic carbocycles. The van der Waals surface area contributed by atoms with E-state index >= 15 is 0 Å². The van der Waals surface area contributed by atoms with Crippen molar-refractivity contribution in [1.29, 1.82) is 0 Å². The Morgan fingerprint density at radius 3 is 2.51 bits per heavy atom. The average molecular weight is 501 g/mol. The second-order valence-electron chi connectivity index (χ2n) is 8.72. The number of halogens is 1. The minimum absolute atomic E-state index is 0.0679. The number of hydrogen-bond acceptors (Lipinski definition) is 5. The smallest absolute Gasteiger partial charge is 0.295 e. The highest BCUT2D eigenvalue weighted by atomic mass is 19.1. The molecule has 0 saturated carbocycles. The number of aromatic amines is 1. The zero-order chi connectivity index (χ0) is 26.1. The third-order valence-electron chi connectivity index (χ3n) is 6.69. The number of carbonyl (C=O) groups excluding carboxylic acids is 2. The summed E-state index contributed by atoms with van der Waals surface area (Å²) < 4.78 is 24.4. The van der Waals surface area contributed by atoms with Crippen molar-refractivity contribution in [3.05, 3.63) is 101 Å². The summed E-state index contributed by atoms with van der Waals surface area (Å²) in [5.41, 5.74) is 2.61. The Morgan fingerprint density at radius 1 is 1.03 bits per heavy atom. The van der Waals surface area contributed by atoms with Gasteiger partial charge in [-0.3, -0.25) is 9.59 Å². The van der Waals surface area contributed by atoms with E-state index in [2.05, 4.69) is 4.98 Å². The fourth-order valence-corrected chi connectivity index (χ4v) is 4.82. The molecular weight excluding hydrogens is 475 g/mol. The molecule has 1 fully saturated rings. The number of aromatic nitrogens is 1. The van der Waals surface area contributed by atoms with E-state index in [-0.39, 0.29) is 23.4 Å². The van der Waals surface area contributed by atoms with Gasteiger partial charge in [-0.2, -0.15) is 0 Å². The van der Waals surface area contributed by atoms with Gasteiger partial charge in [0, 0.05) is 34.8 Å². The van der Waals surface area contributed by atoms with E-state index in [0.717, 1.165) is 16.5 Å². The van der Waals surface area contributed by atoms with Crippen LogP contribution in [0.25, 0.3) is 16.7 Å². The van der Waals surface area contributed by atoms with Gasteiger partial charge in [-0.25, -0.2) is 4.39 Å². The number of fused-ring (bicyclic) bond motifs is 1. The van der Waals surface area contributed by atoms with Crippen molar-refractivity contribution in [2.75, 3.05) is 20.8 Å². The van der Waals surface area contributed by atoms with Crippen molar-refractivity contribution in [2.45, 2.75) is 12.5 Å². The number of amides is 1. The molecular formula is C29H25FN2O5. The summed E-state index contributed by atoms with van der Waals surface area (Å²) in [6, 6.07) is 17.0. The number of carbonyl (C=O) groups is 2. The lowest BCUT2D eigenvalue weighted by atomic mass is 9.94. The summed E-state index contributed by atoms with van der Waals surface area (Å²) in [7, 11) is 3.10. The number of aliphatic hydroxyl groups excluding tert-OH is 1. The Hall–Kier alpha value is -4.59. The second kappa shape index (κ2) is 9.81. The minimum atomic E-state index is -0.888. The van der Waals surface area contributed by atoms with Crippen LogP contribution in [0.4, 0.5) is 4.39 Å². The summed E-state index contributed by atoms with van der Waals surface area (Å²) in [6.45, 7) is 0.206. The molecule has 0 spiro atoms. The van der Waals surface area contributed by atoms with Crippen LogP contribution in [0.2, 0.25) is 0 Å². The van der Waals surface area contributed by atoms with Gasteiger partial charge in [0.15, 0.2) is 0 Å². The highest BCUT2D eigenvalue weighted by molar-refractivity contribution is 6.46. The summed E-state index contributed by atoms with van der Waals surface area (Å²) in [5.74, 6) is -1.19. The van der Waals surface area contributed by atoms with Crippen LogP contribution >= 0.6 is 0 Å². The number of likely N-dealkylation sites (tertiary alicyclic amines) is 1. The Bertz CT molecular complexity index is 1520. The van der Waals surface area contributed by atoms with Gasteiger partial charge in [-0.1, -0.05) is 18.2 Å². The van der Waals surface area contributed by atoms with Crippen molar-refractivity contribution in [3.63, 3.8) is 0 Å². The number of benzene rings is 3. The highest BCUT2D eigenvalue weighted by Gasteiger charge is 2.46. The molecule has 2 N–H and O–H groups in total. The van der Waals surface area contributed by atoms with Crippen LogP contribution in [0.15, 0.2) is 78.5 Å². The first-order valence-electron chi connectivity index (χ1n) is 11.7. The third kappa shape index (κ3) is 4.31. The predicted octanol–water partition coefficient (Wildman–Crippen LogP) is 4.99. The summed E-state index contributed by atoms with van der Waals surface area (Å²) in [5, 5.41) is 12.1. The Balaban J connectivity index is 1.58. The van der Waals surface area contributed by atoms with E-state index in [1.54, 1.807) is 31.4 Å². The molecule has 0 bridgehead atoms. The molecule has 1 saturated heterocycles. The number of ether oxygens (including phenoxy) is 2. The average Bonchev–Trinajstić information content (AvgIpc) is 3.44. The van der Waals surface area contributed by atoms with Crippen molar-refractivity contribution >= 4 is 28.4 Å². The quantitative estimate of drug-likeness (QED) is 0.212. The Labute approximate surface area is 212 Å². The monoisotopic (exact) mass is 500 g/mol. The number of nitrogens with zero attached hydrogens (tertiary/aromatic N) is 1. The van der Waals surface area contributed by atoms with Crippen molar-refractivity contribution in [2.24, 2.45) is 0 Å². The molecule has 3 aromatic carbocycles. The van der Waals surface area contributed by atoms with Crippen LogP contribution in [0.3, 0.4) is 0 Å². The second-order valence-corrected chi connectivity index (χ2v) is 8.72. The van der Waals surface area contributed by atoms with Crippen LogP contribution < -0.4 is 9.47 Å². The van der Waals surface area contributed by atoms with Gasteiger partial charge in [-0.15, -0.1) is 0 Å². The minimum Gasteiger partial charge on any atom is -0.507 e. The van der Waals surface area contributed by atoms with Crippen LogP contribution in [0.1, 0.15) is 22.7 Å². The molecule has 1 aromatic heterocycles. The van der Waals surface area contributed by atoms with E-state index in [4.69, 9.17) is 9.47 Å². The molecule has 4 aromatic rings. The van der Waals surface area contributed by atoms with E-state index in [1.165, 1.54) is 36.3 Å². The van der Waals surface area contributed by atoms with Crippen molar-refractivity contribution in [3.8, 4) is 11.5 Å². The first-order valence-corrected chi connectivity index (χ1v) is 11.7. The molecule has 37 heavy (non-hydrogen) atoms. The van der Waals surface area contributed by atoms with Crippen molar-refractivity contribution in [1.82, 2.24) is 9.88 Å². The summed E-state index contributed by atoms with van der Waals surface area (Å²) in [4.78, 5) is 31.3. The van der Waals surface area contributed by atoms with Gasteiger partial charge in [0.05, 0.1) is 25.8 Å². The highest BCUT2D eigenvalue weighted by Crippen LogP contribution is 2.42. The number of ketones is 1. The first-order chi connectivity index (χ1) is 17.9. The van der Waals surface area contributed by atoms with Gasteiger partial charge in [0.25, 0.3) is 11.7 Å². The number of para-hydroxylation sites is 1. The Kier molecular flexibility index (Phi) is 6.40. The maximum atomic E-state index is 13.5. The van der Waals surface area contributed by atoms with Gasteiger partial charge >= 0.3 is 0 Å². The van der Waals surface area contributed by atoms with Crippen LogP contribution in [-0.4, -0.2) is 47.4 Å². The van der Waals surface area contributed by atoms with E-state index in [0.29, 0.717) is 23.5 Å². The number of H-pyrrole nitrogens is 1. The molecule has 2 heterocycles. The molecule has 1 aliphatic heterocycles. The predicted molar refractivity (Wildman–Crippen MR) is 137 cm³/mol. The molecule has 8 heteroatoms. The number of Topliss-reactive ketones (excluding diaryl/α,β-unsaturated/α-hetero) is 1. The fraction of sp³-hybridized carbons (Fsp3) is 0.172. The number of nitrogens with one attached hydrogen (secondary N) is 1. The summed E-state index contributed by atoms with van der Waals surface area (Å²) in [6.07, 6.45) is 2.32. The van der Waals surface area contributed by atoms with E-state index in [1.807, 2.05) is 24.4 Å². The molecule has 0 radical (unpaired) electrons. The largest absolute Gasteiger partial charge is 0.507 e. The first kappa shape index (κ1) is 24.1. The van der Waals surface area contributed by atoms with Gasteiger partial charge < -0.3 is 24.5 Å². The van der Waals surface area contributed by atoms with Crippen LogP contribution in [-0.2, 0) is 16.0 Å².